The van der Waals surface area contributed by atoms with Crippen LogP contribution in [-0.4, -0.2) is 62.2 Å². The lowest BCUT2D eigenvalue weighted by molar-refractivity contribution is 0.116. The van der Waals surface area contributed by atoms with Crippen LogP contribution in [0.4, 0.5) is 0 Å². The second-order valence-electron chi connectivity index (χ2n) is 5.96. The van der Waals surface area contributed by atoms with Crippen molar-refractivity contribution in [3.05, 3.63) is 0 Å². The Balaban J connectivity index is 1.57. The average Bonchev–Trinajstić information content (AvgIpc) is 3.13. The van der Waals surface area contributed by atoms with Gasteiger partial charge in [-0.15, -0.1) is 0 Å². The summed E-state index contributed by atoms with van der Waals surface area (Å²) in [4.78, 5) is 5.31. The maximum absolute atomic E-state index is 3.44. The van der Waals surface area contributed by atoms with Gasteiger partial charge in [0.25, 0.3) is 0 Å². The standard InChI is InChI=1S/C14H29N3/c1-3-15-10-13(2)11-16-6-8-17(9-7-16)12-14-4-5-14/h13-15H,3-12H2,1-2H3. The van der Waals surface area contributed by atoms with Gasteiger partial charge in [0.05, 0.1) is 0 Å². The van der Waals surface area contributed by atoms with Gasteiger partial charge in [0.15, 0.2) is 0 Å². The first-order valence-electron chi connectivity index (χ1n) is 7.43. The maximum atomic E-state index is 3.44. The fourth-order valence-corrected chi connectivity index (χ4v) is 2.72. The van der Waals surface area contributed by atoms with Crippen LogP contribution in [-0.2, 0) is 0 Å². The molecule has 1 atom stereocenters. The monoisotopic (exact) mass is 239 g/mol. The van der Waals surface area contributed by atoms with E-state index in [1.54, 1.807) is 0 Å². The lowest BCUT2D eigenvalue weighted by Gasteiger charge is -2.36. The van der Waals surface area contributed by atoms with E-state index in [9.17, 15) is 0 Å². The van der Waals surface area contributed by atoms with Crippen LogP contribution in [0.25, 0.3) is 0 Å². The normalized spacial score (nSPS) is 25.1. The highest BCUT2D eigenvalue weighted by Crippen LogP contribution is 2.29. The van der Waals surface area contributed by atoms with E-state index in [-0.39, 0.29) is 0 Å². The summed E-state index contributed by atoms with van der Waals surface area (Å²) in [6.07, 6.45) is 2.97. The molecule has 1 aliphatic carbocycles. The van der Waals surface area contributed by atoms with Gasteiger partial charge in [-0.1, -0.05) is 13.8 Å². The van der Waals surface area contributed by atoms with Crippen molar-refractivity contribution >= 4 is 0 Å². The van der Waals surface area contributed by atoms with Crippen LogP contribution in [0.15, 0.2) is 0 Å². The molecule has 0 amide bonds. The fourth-order valence-electron chi connectivity index (χ4n) is 2.72. The lowest BCUT2D eigenvalue weighted by atomic mass is 10.1. The van der Waals surface area contributed by atoms with Gasteiger partial charge in [-0.05, 0) is 37.8 Å². The molecule has 1 N–H and O–H groups in total. The van der Waals surface area contributed by atoms with Crippen LogP contribution in [0.5, 0.6) is 0 Å². The number of nitrogens with zero attached hydrogens (tertiary/aromatic N) is 2. The lowest BCUT2D eigenvalue weighted by Crippen LogP contribution is -2.48. The van der Waals surface area contributed by atoms with Crippen molar-refractivity contribution in [2.24, 2.45) is 11.8 Å². The van der Waals surface area contributed by atoms with Crippen molar-refractivity contribution in [3.8, 4) is 0 Å². The smallest absolute Gasteiger partial charge is 0.0110 e. The molecule has 100 valence electrons. The van der Waals surface area contributed by atoms with Gasteiger partial charge < -0.3 is 15.1 Å². The van der Waals surface area contributed by atoms with Crippen molar-refractivity contribution in [2.75, 3.05) is 52.4 Å². The Labute approximate surface area is 107 Å². The molecular weight excluding hydrogens is 210 g/mol. The minimum atomic E-state index is 0.782. The molecule has 0 aromatic rings. The second kappa shape index (κ2) is 6.72. The molecule has 2 rings (SSSR count). The molecule has 1 aliphatic heterocycles. The zero-order valence-electron chi connectivity index (χ0n) is 11.6. The molecule has 0 radical (unpaired) electrons. The van der Waals surface area contributed by atoms with Crippen LogP contribution in [0.2, 0.25) is 0 Å². The van der Waals surface area contributed by atoms with Gasteiger partial charge >= 0.3 is 0 Å². The average molecular weight is 239 g/mol. The summed E-state index contributed by atoms with van der Waals surface area (Å²) < 4.78 is 0. The minimum absolute atomic E-state index is 0.782. The van der Waals surface area contributed by atoms with Gasteiger partial charge in [0.1, 0.15) is 0 Å². The van der Waals surface area contributed by atoms with E-state index < -0.39 is 0 Å². The molecule has 0 aromatic carbocycles. The van der Waals surface area contributed by atoms with E-state index in [4.69, 9.17) is 0 Å². The Bertz CT molecular complexity index is 208. The molecule has 0 aromatic heterocycles. The van der Waals surface area contributed by atoms with Crippen molar-refractivity contribution in [1.29, 1.82) is 0 Å². The molecule has 17 heavy (non-hydrogen) atoms. The Morgan fingerprint density at radius 1 is 1.12 bits per heavy atom. The Morgan fingerprint density at radius 2 is 1.76 bits per heavy atom. The van der Waals surface area contributed by atoms with Crippen molar-refractivity contribution in [3.63, 3.8) is 0 Å². The van der Waals surface area contributed by atoms with Crippen LogP contribution in [0.1, 0.15) is 26.7 Å². The molecule has 1 unspecified atom stereocenters. The SMILES string of the molecule is CCNCC(C)CN1CCN(CC2CC2)CC1. The van der Waals surface area contributed by atoms with Gasteiger partial charge in [-0.25, -0.2) is 0 Å². The van der Waals surface area contributed by atoms with Gasteiger partial charge in [0.2, 0.25) is 0 Å². The largest absolute Gasteiger partial charge is 0.317 e. The van der Waals surface area contributed by atoms with Crippen LogP contribution in [0.3, 0.4) is 0 Å². The molecule has 3 nitrogen and oxygen atoms in total. The third-order valence-electron chi connectivity index (χ3n) is 3.99. The zero-order chi connectivity index (χ0) is 12.1. The van der Waals surface area contributed by atoms with Gasteiger partial charge in [-0.3, -0.25) is 0 Å². The topological polar surface area (TPSA) is 18.5 Å². The zero-order valence-corrected chi connectivity index (χ0v) is 11.6. The number of nitrogens with one attached hydrogen (secondary N) is 1. The predicted molar refractivity (Wildman–Crippen MR) is 73.3 cm³/mol. The van der Waals surface area contributed by atoms with E-state index in [0.717, 1.165) is 18.4 Å². The molecule has 0 bridgehead atoms. The van der Waals surface area contributed by atoms with E-state index >= 15 is 0 Å². The predicted octanol–water partition coefficient (Wildman–Crippen LogP) is 1.26. The Hall–Kier alpha value is -0.120. The van der Waals surface area contributed by atoms with E-state index in [0.29, 0.717) is 0 Å². The summed E-state index contributed by atoms with van der Waals surface area (Å²) in [7, 11) is 0. The molecule has 2 fully saturated rings. The first-order chi connectivity index (χ1) is 8.28. The third-order valence-corrected chi connectivity index (χ3v) is 3.99. The highest BCUT2D eigenvalue weighted by molar-refractivity contribution is 4.81. The molecule has 1 saturated heterocycles. The summed E-state index contributed by atoms with van der Waals surface area (Å²) in [6.45, 7) is 14.6. The van der Waals surface area contributed by atoms with Crippen molar-refractivity contribution < 1.29 is 0 Å². The number of piperazine rings is 1. The summed E-state index contributed by atoms with van der Waals surface area (Å²) >= 11 is 0. The summed E-state index contributed by atoms with van der Waals surface area (Å²) in [5.74, 6) is 1.83. The van der Waals surface area contributed by atoms with Crippen molar-refractivity contribution in [1.82, 2.24) is 15.1 Å². The van der Waals surface area contributed by atoms with Crippen LogP contribution < -0.4 is 5.32 Å². The summed E-state index contributed by atoms with van der Waals surface area (Å²) in [5.41, 5.74) is 0. The quantitative estimate of drug-likeness (QED) is 0.721. The summed E-state index contributed by atoms with van der Waals surface area (Å²) in [6, 6.07) is 0. The molecule has 0 spiro atoms. The molecule has 1 heterocycles. The fraction of sp³-hybridized carbons (Fsp3) is 1.00. The highest BCUT2D eigenvalue weighted by Gasteiger charge is 2.26. The minimum Gasteiger partial charge on any atom is -0.317 e. The first kappa shape index (κ1) is 13.3. The van der Waals surface area contributed by atoms with E-state index in [1.165, 1.54) is 58.7 Å². The summed E-state index contributed by atoms with van der Waals surface area (Å²) in [5, 5.41) is 3.44. The Kier molecular flexibility index (Phi) is 5.26. The van der Waals surface area contributed by atoms with Crippen LogP contribution >= 0.6 is 0 Å². The molecule has 3 heteroatoms. The highest BCUT2D eigenvalue weighted by atomic mass is 15.3. The van der Waals surface area contributed by atoms with Gasteiger partial charge in [0, 0.05) is 39.3 Å². The van der Waals surface area contributed by atoms with Gasteiger partial charge in [-0.2, -0.15) is 0 Å². The number of rotatable bonds is 7. The second-order valence-corrected chi connectivity index (χ2v) is 5.96. The van der Waals surface area contributed by atoms with Crippen molar-refractivity contribution in [2.45, 2.75) is 26.7 Å². The number of hydrogen-bond donors (Lipinski definition) is 1. The van der Waals surface area contributed by atoms with Crippen LogP contribution in [0, 0.1) is 11.8 Å². The third kappa shape index (κ3) is 4.94. The molecule has 1 saturated carbocycles. The first-order valence-corrected chi connectivity index (χ1v) is 7.43. The van der Waals surface area contributed by atoms with E-state index in [2.05, 4.69) is 29.0 Å². The molecular formula is C14H29N3. The van der Waals surface area contributed by atoms with E-state index in [1.807, 2.05) is 0 Å². The molecule has 2 aliphatic rings. The Morgan fingerprint density at radius 3 is 2.35 bits per heavy atom. The number of hydrogen-bond acceptors (Lipinski definition) is 3. The maximum Gasteiger partial charge on any atom is 0.0110 e.